The Balaban J connectivity index is 2.90. The normalized spacial score (nSPS) is 8.76. The summed E-state index contributed by atoms with van der Waals surface area (Å²) in [5.41, 5.74) is 9.24. The first-order valence-electron chi connectivity index (χ1n) is 4.90. The van der Waals surface area contributed by atoms with Crippen LogP contribution in [0.2, 0.25) is 0 Å². The fourth-order valence-corrected chi connectivity index (χ4v) is 1.21. The Morgan fingerprint density at radius 2 is 2.35 bits per heavy atom. The van der Waals surface area contributed by atoms with Gasteiger partial charge in [0.1, 0.15) is 5.56 Å². The van der Waals surface area contributed by atoms with Gasteiger partial charge in [0.25, 0.3) is 5.69 Å². The Morgan fingerprint density at radius 1 is 1.59 bits per heavy atom. The zero-order valence-corrected chi connectivity index (χ0v) is 9.25. The molecule has 0 saturated carbocycles. The highest BCUT2D eigenvalue weighted by Gasteiger charge is 2.11. The summed E-state index contributed by atoms with van der Waals surface area (Å²) in [5.74, 6) is 5.44. The average Bonchev–Trinajstić information content (AvgIpc) is 2.30. The summed E-state index contributed by atoms with van der Waals surface area (Å²) in [6.45, 7) is 2.05. The lowest BCUT2D eigenvalue weighted by atomic mass is 10.1. The van der Waals surface area contributed by atoms with Gasteiger partial charge in [0.2, 0.25) is 0 Å². The first kappa shape index (κ1) is 12.6. The molecule has 0 amide bonds. The molecule has 1 aromatic rings. The Kier molecular flexibility index (Phi) is 4.55. The van der Waals surface area contributed by atoms with Gasteiger partial charge < -0.3 is 0 Å². The zero-order chi connectivity index (χ0) is 12.7. The van der Waals surface area contributed by atoms with Crippen LogP contribution in [0, 0.1) is 28.9 Å². The van der Waals surface area contributed by atoms with Crippen LogP contribution in [0.1, 0.15) is 17.5 Å². The van der Waals surface area contributed by atoms with Crippen LogP contribution >= 0.6 is 0 Å². The maximum absolute atomic E-state index is 10.8. The van der Waals surface area contributed by atoms with E-state index in [-0.39, 0.29) is 12.2 Å². The molecule has 0 bridgehead atoms. The van der Waals surface area contributed by atoms with Crippen LogP contribution in [0.25, 0.3) is 10.4 Å². The summed E-state index contributed by atoms with van der Waals surface area (Å²) in [7, 11) is 0. The van der Waals surface area contributed by atoms with Crippen molar-refractivity contribution in [3.8, 4) is 11.8 Å². The fourth-order valence-electron chi connectivity index (χ4n) is 1.21. The van der Waals surface area contributed by atoms with Crippen LogP contribution in [-0.2, 0) is 0 Å². The molecule has 6 nitrogen and oxygen atoms in total. The van der Waals surface area contributed by atoms with Crippen LogP contribution in [0.3, 0.4) is 0 Å². The number of hydrogen-bond donors (Lipinski definition) is 0. The molecule has 1 aromatic carbocycles. The minimum absolute atomic E-state index is 0.00119. The molecule has 0 radical (unpaired) electrons. The summed E-state index contributed by atoms with van der Waals surface area (Å²) in [6.07, 6.45) is 0.384. The predicted octanol–water partition coefficient (Wildman–Crippen LogP) is 2.96. The number of azide groups is 1. The summed E-state index contributed by atoms with van der Waals surface area (Å²) >= 11 is 0. The van der Waals surface area contributed by atoms with Crippen molar-refractivity contribution in [2.45, 2.75) is 13.3 Å². The van der Waals surface area contributed by atoms with E-state index in [9.17, 15) is 10.1 Å². The molecule has 0 fully saturated rings. The first-order valence-corrected chi connectivity index (χ1v) is 4.90. The van der Waals surface area contributed by atoms with Crippen molar-refractivity contribution in [2.24, 2.45) is 5.11 Å². The molecule has 1 rings (SSSR count). The largest absolute Gasteiger partial charge is 0.285 e. The molecule has 0 unspecified atom stereocenters. The van der Waals surface area contributed by atoms with E-state index in [1.54, 1.807) is 19.1 Å². The number of nitrogens with zero attached hydrogens (tertiary/aromatic N) is 4. The second-order valence-corrected chi connectivity index (χ2v) is 3.28. The Bertz CT molecular complexity index is 536. The summed E-state index contributed by atoms with van der Waals surface area (Å²) in [5, 5.41) is 14.1. The third kappa shape index (κ3) is 3.86. The lowest BCUT2D eigenvalue weighted by Gasteiger charge is -1.96. The van der Waals surface area contributed by atoms with Gasteiger partial charge in [-0.1, -0.05) is 23.0 Å². The van der Waals surface area contributed by atoms with Crippen molar-refractivity contribution >= 4 is 5.69 Å². The van der Waals surface area contributed by atoms with Crippen molar-refractivity contribution in [1.29, 1.82) is 0 Å². The number of hydrogen-bond acceptors (Lipinski definition) is 3. The van der Waals surface area contributed by atoms with Gasteiger partial charge in [-0.15, -0.1) is 0 Å². The monoisotopic (exact) mass is 230 g/mol. The molecule has 17 heavy (non-hydrogen) atoms. The van der Waals surface area contributed by atoms with Gasteiger partial charge in [0.05, 0.1) is 4.92 Å². The van der Waals surface area contributed by atoms with E-state index < -0.39 is 4.92 Å². The van der Waals surface area contributed by atoms with E-state index >= 15 is 0 Å². The van der Waals surface area contributed by atoms with Crippen LogP contribution in [0.4, 0.5) is 5.69 Å². The maximum atomic E-state index is 10.8. The number of nitro benzene ring substituents is 1. The van der Waals surface area contributed by atoms with E-state index in [4.69, 9.17) is 5.53 Å². The molecule has 0 atom stereocenters. The highest BCUT2D eigenvalue weighted by atomic mass is 16.6. The van der Waals surface area contributed by atoms with Crippen LogP contribution in [-0.4, -0.2) is 11.5 Å². The molecule has 0 spiro atoms. The summed E-state index contributed by atoms with van der Waals surface area (Å²) in [6, 6.07) is 4.87. The quantitative estimate of drug-likeness (QED) is 0.152. The molecule has 0 aliphatic rings. The second-order valence-electron chi connectivity index (χ2n) is 3.28. The van der Waals surface area contributed by atoms with Crippen molar-refractivity contribution in [1.82, 2.24) is 0 Å². The molecule has 6 heteroatoms. The van der Waals surface area contributed by atoms with E-state index in [2.05, 4.69) is 21.9 Å². The van der Waals surface area contributed by atoms with Gasteiger partial charge >= 0.3 is 0 Å². The number of benzene rings is 1. The predicted molar refractivity (Wildman–Crippen MR) is 63.3 cm³/mol. The average molecular weight is 230 g/mol. The van der Waals surface area contributed by atoms with Gasteiger partial charge in [0.15, 0.2) is 0 Å². The van der Waals surface area contributed by atoms with E-state index in [1.165, 1.54) is 6.07 Å². The van der Waals surface area contributed by atoms with Crippen LogP contribution in [0.15, 0.2) is 23.3 Å². The van der Waals surface area contributed by atoms with Crippen LogP contribution < -0.4 is 0 Å². The number of aryl methyl sites for hydroxylation is 1. The third-order valence-corrected chi connectivity index (χ3v) is 1.97. The summed E-state index contributed by atoms with van der Waals surface area (Å²) < 4.78 is 0. The lowest BCUT2D eigenvalue weighted by molar-refractivity contribution is -0.385. The van der Waals surface area contributed by atoms with Crippen molar-refractivity contribution in [3.63, 3.8) is 0 Å². The fraction of sp³-hybridized carbons (Fsp3) is 0.273. The molecule has 86 valence electrons. The molecular weight excluding hydrogens is 220 g/mol. The van der Waals surface area contributed by atoms with E-state index in [0.717, 1.165) is 5.56 Å². The Hall–Kier alpha value is -2.51. The Labute approximate surface area is 98.0 Å². The molecule has 0 aliphatic carbocycles. The molecule has 0 N–H and O–H groups in total. The minimum atomic E-state index is -0.454. The highest BCUT2D eigenvalue weighted by Crippen LogP contribution is 2.18. The molecular formula is C11H10N4O2. The first-order chi connectivity index (χ1) is 8.15. The molecule has 0 heterocycles. The van der Waals surface area contributed by atoms with Gasteiger partial charge in [-0.3, -0.25) is 10.1 Å². The number of rotatable bonds is 3. The van der Waals surface area contributed by atoms with E-state index in [0.29, 0.717) is 12.0 Å². The standard InChI is InChI=1S/C11H10N4O2/c1-9-5-6-10(11(8-9)15(16)17)4-2-3-7-13-14-12/h5-6,8H,3,7H2,1H3. The third-order valence-electron chi connectivity index (χ3n) is 1.97. The lowest BCUT2D eigenvalue weighted by Crippen LogP contribution is -1.92. The smallest absolute Gasteiger partial charge is 0.258 e. The summed E-state index contributed by atoms with van der Waals surface area (Å²) in [4.78, 5) is 12.9. The highest BCUT2D eigenvalue weighted by molar-refractivity contribution is 5.52. The van der Waals surface area contributed by atoms with E-state index in [1.807, 2.05) is 0 Å². The maximum Gasteiger partial charge on any atom is 0.285 e. The van der Waals surface area contributed by atoms with Gasteiger partial charge in [-0.25, -0.2) is 0 Å². The molecule has 0 saturated heterocycles. The van der Waals surface area contributed by atoms with Crippen LogP contribution in [0.5, 0.6) is 0 Å². The Morgan fingerprint density at radius 3 is 3.00 bits per heavy atom. The van der Waals surface area contributed by atoms with Crippen molar-refractivity contribution in [2.75, 3.05) is 6.54 Å². The van der Waals surface area contributed by atoms with Gasteiger partial charge in [-0.2, -0.15) is 0 Å². The number of nitro groups is 1. The van der Waals surface area contributed by atoms with Gasteiger partial charge in [0, 0.05) is 23.9 Å². The van der Waals surface area contributed by atoms with Crippen molar-refractivity contribution < 1.29 is 4.92 Å². The molecule has 0 aliphatic heterocycles. The zero-order valence-electron chi connectivity index (χ0n) is 9.25. The minimum Gasteiger partial charge on any atom is -0.258 e. The topological polar surface area (TPSA) is 91.9 Å². The second kappa shape index (κ2) is 6.16. The van der Waals surface area contributed by atoms with Gasteiger partial charge in [-0.05, 0) is 24.1 Å². The molecule has 0 aromatic heterocycles. The van der Waals surface area contributed by atoms with Crippen molar-refractivity contribution in [3.05, 3.63) is 49.9 Å². The SMILES string of the molecule is Cc1ccc(C#CCCN=[N+]=[N-])c([N+](=O)[O-])c1.